The minimum Gasteiger partial charge on any atom is -0.494 e. The zero-order chi connectivity index (χ0) is 11.1. The van der Waals surface area contributed by atoms with Gasteiger partial charge in [-0.05, 0) is 43.5 Å². The van der Waals surface area contributed by atoms with E-state index in [1.807, 2.05) is 31.2 Å². The van der Waals surface area contributed by atoms with E-state index in [2.05, 4.69) is 15.9 Å². The van der Waals surface area contributed by atoms with Gasteiger partial charge in [0.25, 0.3) is 0 Å². The van der Waals surface area contributed by atoms with E-state index in [0.29, 0.717) is 6.61 Å². The molecule has 0 spiro atoms. The summed E-state index contributed by atoms with van der Waals surface area (Å²) < 4.78 is 6.58. The molecule has 1 aromatic carbocycles. The molecule has 2 nitrogen and oxygen atoms in total. The maximum Gasteiger partial charge on any atom is 0.119 e. The van der Waals surface area contributed by atoms with E-state index in [4.69, 9.17) is 4.74 Å². The van der Waals surface area contributed by atoms with Crippen molar-refractivity contribution in [3.05, 3.63) is 28.7 Å². The molecule has 0 fully saturated rings. The summed E-state index contributed by atoms with van der Waals surface area (Å²) in [4.78, 5) is 0. The van der Waals surface area contributed by atoms with Gasteiger partial charge in [-0.15, -0.1) is 0 Å². The zero-order valence-corrected chi connectivity index (χ0v) is 10.5. The summed E-state index contributed by atoms with van der Waals surface area (Å²) in [5.74, 6) is 0.879. The molecule has 1 aromatic rings. The van der Waals surface area contributed by atoms with Gasteiger partial charge in [0, 0.05) is 4.47 Å². The predicted molar refractivity (Wildman–Crippen MR) is 65.2 cm³/mol. The fraction of sp³-hybridized carbons (Fsp3) is 0.500. The van der Waals surface area contributed by atoms with Gasteiger partial charge in [-0.25, -0.2) is 0 Å². The fourth-order valence-electron chi connectivity index (χ4n) is 1.24. The van der Waals surface area contributed by atoms with Gasteiger partial charge in [-0.3, -0.25) is 0 Å². The van der Waals surface area contributed by atoms with Gasteiger partial charge in [0.15, 0.2) is 0 Å². The summed E-state index contributed by atoms with van der Waals surface area (Å²) >= 11 is 3.37. The molecular formula is C12H17BrO2. The Labute approximate surface area is 99.4 Å². The summed E-state index contributed by atoms with van der Waals surface area (Å²) in [7, 11) is 0. The molecule has 84 valence electrons. The second-order valence-electron chi connectivity index (χ2n) is 3.51. The van der Waals surface area contributed by atoms with Crippen LogP contribution in [-0.2, 0) is 0 Å². The Hall–Kier alpha value is -0.540. The van der Waals surface area contributed by atoms with Crippen LogP contribution < -0.4 is 4.74 Å². The van der Waals surface area contributed by atoms with Crippen molar-refractivity contribution in [1.82, 2.24) is 0 Å². The Bertz CT molecular complexity index is 271. The van der Waals surface area contributed by atoms with Gasteiger partial charge in [-0.2, -0.15) is 0 Å². The number of aliphatic hydroxyl groups excluding tert-OH is 1. The molecule has 0 aromatic heterocycles. The Morgan fingerprint density at radius 3 is 2.60 bits per heavy atom. The van der Waals surface area contributed by atoms with Crippen LogP contribution in [0.5, 0.6) is 5.75 Å². The molecule has 1 atom stereocenters. The maximum atomic E-state index is 9.33. The first-order valence-electron chi connectivity index (χ1n) is 5.28. The first-order chi connectivity index (χ1) is 7.22. The quantitative estimate of drug-likeness (QED) is 0.805. The van der Waals surface area contributed by atoms with Crippen LogP contribution in [0.2, 0.25) is 0 Å². The highest BCUT2D eigenvalue weighted by molar-refractivity contribution is 9.10. The van der Waals surface area contributed by atoms with Crippen LogP contribution in [-0.4, -0.2) is 17.8 Å². The molecule has 0 radical (unpaired) electrons. The first-order valence-corrected chi connectivity index (χ1v) is 6.08. The van der Waals surface area contributed by atoms with Crippen molar-refractivity contribution in [2.24, 2.45) is 0 Å². The Morgan fingerprint density at radius 2 is 2.00 bits per heavy atom. The highest BCUT2D eigenvalue weighted by atomic mass is 79.9. The molecule has 0 aliphatic heterocycles. The Morgan fingerprint density at radius 1 is 1.33 bits per heavy atom. The molecule has 3 heteroatoms. The molecule has 1 N–H and O–H groups in total. The van der Waals surface area contributed by atoms with Crippen LogP contribution in [0.4, 0.5) is 0 Å². The lowest BCUT2D eigenvalue weighted by atomic mass is 10.1. The molecular weight excluding hydrogens is 256 g/mol. The summed E-state index contributed by atoms with van der Waals surface area (Å²) in [6.07, 6.45) is 2.34. The smallest absolute Gasteiger partial charge is 0.119 e. The molecule has 0 saturated carbocycles. The van der Waals surface area contributed by atoms with E-state index < -0.39 is 0 Å². The van der Waals surface area contributed by atoms with Crippen molar-refractivity contribution in [1.29, 1.82) is 0 Å². The van der Waals surface area contributed by atoms with E-state index in [1.165, 1.54) is 0 Å². The van der Waals surface area contributed by atoms with E-state index in [-0.39, 0.29) is 6.10 Å². The summed E-state index contributed by atoms with van der Waals surface area (Å²) in [6, 6.07) is 7.77. The van der Waals surface area contributed by atoms with Gasteiger partial charge in [0.05, 0.1) is 12.7 Å². The Kier molecular flexibility index (Phi) is 5.73. The molecule has 0 heterocycles. The summed E-state index contributed by atoms with van der Waals surface area (Å²) in [5, 5.41) is 9.33. The van der Waals surface area contributed by atoms with E-state index in [0.717, 1.165) is 29.5 Å². The van der Waals surface area contributed by atoms with Crippen LogP contribution in [0.3, 0.4) is 0 Å². The fourth-order valence-corrected chi connectivity index (χ4v) is 1.51. The summed E-state index contributed by atoms with van der Waals surface area (Å²) in [6.45, 7) is 2.65. The third-order valence-electron chi connectivity index (χ3n) is 2.24. The van der Waals surface area contributed by atoms with E-state index >= 15 is 0 Å². The lowest BCUT2D eigenvalue weighted by Crippen LogP contribution is -2.07. The monoisotopic (exact) mass is 272 g/mol. The normalized spacial score (nSPS) is 12.5. The standard InChI is InChI=1S/C12H17BrO2/c1-2-11(14)4-3-9-15-12-7-5-10(13)6-8-12/h5-8,11,14H,2-4,9H2,1H3. The van der Waals surface area contributed by atoms with Gasteiger partial charge < -0.3 is 9.84 Å². The molecule has 0 aliphatic rings. The van der Waals surface area contributed by atoms with Crippen molar-refractivity contribution >= 4 is 15.9 Å². The number of halogens is 1. The van der Waals surface area contributed by atoms with Crippen LogP contribution in [0.1, 0.15) is 26.2 Å². The third-order valence-corrected chi connectivity index (χ3v) is 2.76. The van der Waals surface area contributed by atoms with Gasteiger partial charge in [-0.1, -0.05) is 22.9 Å². The summed E-state index contributed by atoms with van der Waals surface area (Å²) in [5.41, 5.74) is 0. The lowest BCUT2D eigenvalue weighted by molar-refractivity contribution is 0.149. The molecule has 1 rings (SSSR count). The van der Waals surface area contributed by atoms with E-state index in [9.17, 15) is 5.11 Å². The number of ether oxygens (including phenoxy) is 1. The second kappa shape index (κ2) is 6.85. The highest BCUT2D eigenvalue weighted by Crippen LogP contribution is 2.16. The van der Waals surface area contributed by atoms with Crippen molar-refractivity contribution in [2.75, 3.05) is 6.61 Å². The topological polar surface area (TPSA) is 29.5 Å². The van der Waals surface area contributed by atoms with Crippen LogP contribution in [0.15, 0.2) is 28.7 Å². The predicted octanol–water partition coefficient (Wildman–Crippen LogP) is 3.38. The Balaban J connectivity index is 2.17. The average Bonchev–Trinajstić information content (AvgIpc) is 2.26. The maximum absolute atomic E-state index is 9.33. The molecule has 0 bridgehead atoms. The number of rotatable bonds is 6. The van der Waals surface area contributed by atoms with Crippen molar-refractivity contribution in [3.8, 4) is 5.75 Å². The number of hydrogen-bond acceptors (Lipinski definition) is 2. The largest absolute Gasteiger partial charge is 0.494 e. The van der Waals surface area contributed by atoms with Gasteiger partial charge >= 0.3 is 0 Å². The van der Waals surface area contributed by atoms with Gasteiger partial charge in [0.2, 0.25) is 0 Å². The number of benzene rings is 1. The third kappa shape index (κ3) is 5.19. The molecule has 0 aliphatic carbocycles. The number of aliphatic hydroxyl groups is 1. The minimum atomic E-state index is -0.182. The SMILES string of the molecule is CCC(O)CCCOc1ccc(Br)cc1. The van der Waals surface area contributed by atoms with Crippen molar-refractivity contribution in [3.63, 3.8) is 0 Å². The van der Waals surface area contributed by atoms with Crippen LogP contribution in [0.25, 0.3) is 0 Å². The molecule has 1 unspecified atom stereocenters. The van der Waals surface area contributed by atoms with Crippen molar-refractivity contribution < 1.29 is 9.84 Å². The van der Waals surface area contributed by atoms with Gasteiger partial charge in [0.1, 0.15) is 5.75 Å². The minimum absolute atomic E-state index is 0.182. The molecule has 15 heavy (non-hydrogen) atoms. The molecule has 0 amide bonds. The van der Waals surface area contributed by atoms with E-state index in [1.54, 1.807) is 0 Å². The first kappa shape index (κ1) is 12.5. The van der Waals surface area contributed by atoms with Crippen LogP contribution >= 0.6 is 15.9 Å². The number of hydrogen-bond donors (Lipinski definition) is 1. The average molecular weight is 273 g/mol. The zero-order valence-electron chi connectivity index (χ0n) is 8.95. The van der Waals surface area contributed by atoms with Crippen LogP contribution in [0, 0.1) is 0 Å². The lowest BCUT2D eigenvalue weighted by Gasteiger charge is -2.08. The highest BCUT2D eigenvalue weighted by Gasteiger charge is 2.00. The second-order valence-corrected chi connectivity index (χ2v) is 4.42. The molecule has 0 saturated heterocycles. The van der Waals surface area contributed by atoms with Crippen molar-refractivity contribution in [2.45, 2.75) is 32.3 Å².